The number of nitrogens with two attached hydrogens (primary N) is 1. The summed E-state index contributed by atoms with van der Waals surface area (Å²) in [5.41, 5.74) is 2.26. The predicted molar refractivity (Wildman–Crippen MR) is 64.5 cm³/mol. The monoisotopic (exact) mass is 265 g/mol. The Morgan fingerprint density at radius 1 is 1.47 bits per heavy atom. The fourth-order valence-corrected chi connectivity index (χ4v) is 1.54. The highest BCUT2D eigenvalue weighted by Crippen LogP contribution is 2.18. The van der Waals surface area contributed by atoms with Crippen molar-refractivity contribution in [3.05, 3.63) is 41.8 Å². The minimum Gasteiger partial charge on any atom is -0.351 e. The second kappa shape index (κ2) is 5.91. The summed E-state index contributed by atoms with van der Waals surface area (Å²) in [6, 6.07) is 4.12. The Bertz CT molecular complexity index is 558. The Morgan fingerprint density at radius 2 is 2.32 bits per heavy atom. The van der Waals surface area contributed by atoms with Gasteiger partial charge in [-0.2, -0.15) is 4.98 Å². The Morgan fingerprint density at radius 3 is 3.00 bits per heavy atom. The maximum atomic E-state index is 13.4. The molecule has 4 N–H and O–H groups in total. The lowest BCUT2D eigenvalue weighted by Crippen LogP contribution is -2.27. The van der Waals surface area contributed by atoms with Gasteiger partial charge < -0.3 is 15.3 Å². The third kappa shape index (κ3) is 3.05. The van der Waals surface area contributed by atoms with Crippen LogP contribution < -0.4 is 16.6 Å². The number of halogens is 1. The van der Waals surface area contributed by atoms with E-state index in [0.29, 0.717) is 18.9 Å². The van der Waals surface area contributed by atoms with Crippen molar-refractivity contribution in [2.75, 3.05) is 12.0 Å². The largest absolute Gasteiger partial charge is 0.351 e. The summed E-state index contributed by atoms with van der Waals surface area (Å²) in [6.07, 6.45) is 1.67. The van der Waals surface area contributed by atoms with Crippen molar-refractivity contribution in [3.8, 4) is 0 Å². The van der Waals surface area contributed by atoms with E-state index in [2.05, 4.69) is 20.9 Å². The molecule has 1 amide bonds. The second-order valence-corrected chi connectivity index (χ2v) is 3.65. The molecule has 1 heterocycles. The van der Waals surface area contributed by atoms with E-state index in [4.69, 9.17) is 10.4 Å². The van der Waals surface area contributed by atoms with Gasteiger partial charge in [0.05, 0.1) is 11.3 Å². The number of carbonyl (C=O) groups is 1. The van der Waals surface area contributed by atoms with Crippen molar-refractivity contribution in [3.63, 3.8) is 0 Å². The SMILES string of the molecule is NNc1c(F)cccc1C(=O)NCCc1ncno1. The van der Waals surface area contributed by atoms with Crippen LogP contribution in [0.25, 0.3) is 0 Å². The van der Waals surface area contributed by atoms with Gasteiger partial charge in [-0.3, -0.25) is 10.6 Å². The van der Waals surface area contributed by atoms with Crippen LogP contribution in [0.3, 0.4) is 0 Å². The highest BCUT2D eigenvalue weighted by molar-refractivity contribution is 5.99. The van der Waals surface area contributed by atoms with Crippen molar-refractivity contribution in [2.24, 2.45) is 5.84 Å². The topological polar surface area (TPSA) is 106 Å². The number of nitrogen functional groups attached to an aromatic ring is 1. The number of rotatable bonds is 5. The number of anilines is 1. The molecular weight excluding hydrogens is 253 g/mol. The first-order chi connectivity index (χ1) is 9.22. The predicted octanol–water partition coefficient (Wildman–Crippen LogP) is 0.467. The molecule has 1 aromatic heterocycles. The molecule has 19 heavy (non-hydrogen) atoms. The molecule has 0 aliphatic carbocycles. The Labute approximate surface area is 108 Å². The number of nitrogens with one attached hydrogen (secondary N) is 2. The molecule has 0 spiro atoms. The standard InChI is InChI=1S/C11H12FN5O2/c12-8-3-1-2-7(10(8)17-13)11(18)14-5-4-9-15-6-16-19-9/h1-3,6,17H,4-5,13H2,(H,14,18). The van der Waals surface area contributed by atoms with Gasteiger partial charge in [-0.25, -0.2) is 4.39 Å². The summed E-state index contributed by atoms with van der Waals surface area (Å²) in [6.45, 7) is 0.293. The molecule has 0 aliphatic heterocycles. The van der Waals surface area contributed by atoms with Crippen molar-refractivity contribution < 1.29 is 13.7 Å². The van der Waals surface area contributed by atoms with Crippen LogP contribution in [0.1, 0.15) is 16.2 Å². The van der Waals surface area contributed by atoms with Crippen molar-refractivity contribution in [1.29, 1.82) is 0 Å². The molecule has 0 saturated heterocycles. The van der Waals surface area contributed by atoms with E-state index in [-0.39, 0.29) is 11.3 Å². The maximum Gasteiger partial charge on any atom is 0.253 e. The number of carbonyl (C=O) groups excluding carboxylic acids is 1. The van der Waals surface area contributed by atoms with Crippen molar-refractivity contribution in [2.45, 2.75) is 6.42 Å². The van der Waals surface area contributed by atoms with Crippen molar-refractivity contribution in [1.82, 2.24) is 15.5 Å². The molecule has 7 nitrogen and oxygen atoms in total. The van der Waals surface area contributed by atoms with Crippen LogP contribution in [0, 0.1) is 5.82 Å². The van der Waals surface area contributed by atoms with E-state index < -0.39 is 11.7 Å². The summed E-state index contributed by atoms with van der Waals surface area (Å²) in [7, 11) is 0. The highest BCUT2D eigenvalue weighted by Gasteiger charge is 2.14. The molecule has 0 aliphatic rings. The number of amides is 1. The van der Waals surface area contributed by atoms with E-state index in [1.54, 1.807) is 0 Å². The molecule has 0 unspecified atom stereocenters. The zero-order chi connectivity index (χ0) is 13.7. The number of para-hydroxylation sites is 1. The van der Waals surface area contributed by atoms with Gasteiger partial charge in [0.2, 0.25) is 5.89 Å². The number of nitrogens with zero attached hydrogens (tertiary/aromatic N) is 2. The molecule has 0 bridgehead atoms. The third-order valence-electron chi connectivity index (χ3n) is 2.43. The number of hydrogen-bond acceptors (Lipinski definition) is 6. The van der Waals surface area contributed by atoms with E-state index in [9.17, 15) is 9.18 Å². The minimum atomic E-state index is -0.591. The molecule has 0 fully saturated rings. The van der Waals surface area contributed by atoms with Crippen molar-refractivity contribution >= 4 is 11.6 Å². The zero-order valence-corrected chi connectivity index (χ0v) is 9.89. The molecule has 8 heteroatoms. The van der Waals surface area contributed by atoms with Gasteiger partial charge in [0, 0.05) is 13.0 Å². The Kier molecular flexibility index (Phi) is 4.04. The minimum absolute atomic E-state index is 0.0437. The normalized spacial score (nSPS) is 10.2. The smallest absolute Gasteiger partial charge is 0.253 e. The van der Waals surface area contributed by atoms with E-state index in [1.165, 1.54) is 24.5 Å². The number of aromatic nitrogens is 2. The summed E-state index contributed by atoms with van der Waals surface area (Å²) in [5.74, 6) is 4.58. The molecule has 2 rings (SSSR count). The van der Waals surface area contributed by atoms with Gasteiger partial charge in [0.1, 0.15) is 5.82 Å². The lowest BCUT2D eigenvalue weighted by Gasteiger charge is -2.09. The highest BCUT2D eigenvalue weighted by atomic mass is 19.1. The average Bonchev–Trinajstić information content (AvgIpc) is 2.91. The van der Waals surface area contributed by atoms with Gasteiger partial charge in [-0.05, 0) is 12.1 Å². The van der Waals surface area contributed by atoms with Gasteiger partial charge in [0.25, 0.3) is 5.91 Å². The van der Waals surface area contributed by atoms with Crippen LogP contribution >= 0.6 is 0 Å². The summed E-state index contributed by atoms with van der Waals surface area (Å²) >= 11 is 0. The molecule has 0 saturated carbocycles. The molecule has 0 atom stereocenters. The fourth-order valence-electron chi connectivity index (χ4n) is 1.54. The number of benzene rings is 1. The van der Waals surface area contributed by atoms with Gasteiger partial charge in [0.15, 0.2) is 6.33 Å². The van der Waals surface area contributed by atoms with Gasteiger partial charge in [-0.15, -0.1) is 0 Å². The van der Waals surface area contributed by atoms with Crippen LogP contribution in [0.2, 0.25) is 0 Å². The molecule has 2 aromatic rings. The Hall–Kier alpha value is -2.48. The van der Waals surface area contributed by atoms with E-state index >= 15 is 0 Å². The fraction of sp³-hybridized carbons (Fsp3) is 0.182. The second-order valence-electron chi connectivity index (χ2n) is 3.65. The molecule has 100 valence electrons. The Balaban J connectivity index is 1.98. The number of hydrazine groups is 1. The summed E-state index contributed by atoms with van der Waals surface area (Å²) < 4.78 is 18.2. The van der Waals surface area contributed by atoms with E-state index in [1.807, 2.05) is 0 Å². The van der Waals surface area contributed by atoms with E-state index in [0.717, 1.165) is 0 Å². The van der Waals surface area contributed by atoms with Crippen LogP contribution in [-0.2, 0) is 6.42 Å². The first-order valence-electron chi connectivity index (χ1n) is 5.51. The quantitative estimate of drug-likeness (QED) is 0.536. The number of hydrogen-bond donors (Lipinski definition) is 3. The first-order valence-corrected chi connectivity index (χ1v) is 5.51. The van der Waals surface area contributed by atoms with Crippen LogP contribution in [0.15, 0.2) is 29.0 Å². The third-order valence-corrected chi connectivity index (χ3v) is 2.43. The van der Waals surface area contributed by atoms with Crippen LogP contribution in [-0.4, -0.2) is 22.6 Å². The lowest BCUT2D eigenvalue weighted by molar-refractivity contribution is 0.0954. The lowest BCUT2D eigenvalue weighted by atomic mass is 10.1. The maximum absolute atomic E-state index is 13.4. The first kappa shape index (κ1) is 13.0. The van der Waals surface area contributed by atoms with Crippen LogP contribution in [0.4, 0.5) is 10.1 Å². The average molecular weight is 265 g/mol. The van der Waals surface area contributed by atoms with Crippen LogP contribution in [0.5, 0.6) is 0 Å². The van der Waals surface area contributed by atoms with Gasteiger partial charge >= 0.3 is 0 Å². The molecule has 0 radical (unpaired) electrons. The summed E-state index contributed by atoms with van der Waals surface area (Å²) in [4.78, 5) is 15.7. The van der Waals surface area contributed by atoms with Gasteiger partial charge in [-0.1, -0.05) is 11.2 Å². The molecule has 1 aromatic carbocycles. The zero-order valence-electron chi connectivity index (χ0n) is 9.89. The summed E-state index contributed by atoms with van der Waals surface area (Å²) in [5, 5.41) is 6.05. The molecular formula is C11H12FN5O2.